The van der Waals surface area contributed by atoms with Crippen molar-refractivity contribution in [2.45, 2.75) is 6.54 Å². The second-order valence-corrected chi connectivity index (χ2v) is 3.01. The monoisotopic (exact) mass is 178 g/mol. The molecule has 2 rings (SSSR count). The van der Waals surface area contributed by atoms with Gasteiger partial charge in [0.15, 0.2) is 0 Å². The van der Waals surface area contributed by atoms with E-state index in [0.29, 0.717) is 11.9 Å². The first-order chi connectivity index (χ1) is 6.33. The quantitative estimate of drug-likeness (QED) is 0.723. The molecule has 1 heterocycles. The van der Waals surface area contributed by atoms with Crippen molar-refractivity contribution in [2.75, 3.05) is 7.05 Å². The molecule has 0 aliphatic heterocycles. The Morgan fingerprint density at radius 2 is 2.31 bits per heavy atom. The number of nitrogens with one attached hydrogen (secondary N) is 2. The highest BCUT2D eigenvalue weighted by Crippen LogP contribution is 2.20. The van der Waals surface area contributed by atoms with Crippen molar-refractivity contribution >= 4 is 10.9 Å². The van der Waals surface area contributed by atoms with Crippen molar-refractivity contribution in [3.8, 4) is 0 Å². The summed E-state index contributed by atoms with van der Waals surface area (Å²) in [5, 5.41) is 3.69. The third-order valence-electron chi connectivity index (χ3n) is 2.10. The lowest BCUT2D eigenvalue weighted by molar-refractivity contribution is 0.638. The molecule has 2 N–H and O–H groups in total. The van der Waals surface area contributed by atoms with Gasteiger partial charge in [-0.15, -0.1) is 0 Å². The van der Waals surface area contributed by atoms with Crippen molar-refractivity contribution in [1.82, 2.24) is 10.3 Å². The first kappa shape index (κ1) is 8.26. The van der Waals surface area contributed by atoms with Crippen LogP contribution in [0.2, 0.25) is 0 Å². The van der Waals surface area contributed by atoms with Gasteiger partial charge in [0.05, 0.1) is 0 Å². The Balaban J connectivity index is 2.64. The Labute approximate surface area is 75.8 Å². The normalized spacial score (nSPS) is 10.9. The van der Waals surface area contributed by atoms with E-state index in [9.17, 15) is 4.39 Å². The maximum Gasteiger partial charge on any atom is 0.132 e. The molecule has 0 saturated heterocycles. The number of hydrogen-bond acceptors (Lipinski definition) is 1. The summed E-state index contributed by atoms with van der Waals surface area (Å²) in [7, 11) is 1.85. The summed E-state index contributed by atoms with van der Waals surface area (Å²) in [5.41, 5.74) is 1.82. The van der Waals surface area contributed by atoms with Gasteiger partial charge in [-0.05, 0) is 24.7 Å². The summed E-state index contributed by atoms with van der Waals surface area (Å²) in [5.74, 6) is -0.163. The average Bonchev–Trinajstić information content (AvgIpc) is 2.51. The number of benzene rings is 1. The highest BCUT2D eigenvalue weighted by Gasteiger charge is 2.06. The van der Waals surface area contributed by atoms with Crippen LogP contribution in [-0.4, -0.2) is 12.0 Å². The van der Waals surface area contributed by atoms with E-state index in [1.54, 1.807) is 6.07 Å². The topological polar surface area (TPSA) is 27.8 Å². The first-order valence-electron chi connectivity index (χ1n) is 4.22. The number of H-pyrrole nitrogens is 1. The molecule has 2 nitrogen and oxygen atoms in total. The smallest absolute Gasteiger partial charge is 0.132 e. The minimum atomic E-state index is -0.163. The molecule has 0 fully saturated rings. The number of halogens is 1. The van der Waals surface area contributed by atoms with Crippen LogP contribution < -0.4 is 5.32 Å². The lowest BCUT2D eigenvalue weighted by atomic mass is 10.1. The van der Waals surface area contributed by atoms with Crippen LogP contribution in [-0.2, 0) is 6.54 Å². The van der Waals surface area contributed by atoms with Crippen molar-refractivity contribution in [1.29, 1.82) is 0 Å². The summed E-state index contributed by atoms with van der Waals surface area (Å²) in [6, 6.07) is 5.06. The predicted octanol–water partition coefficient (Wildman–Crippen LogP) is 2.03. The largest absolute Gasteiger partial charge is 0.361 e. The van der Waals surface area contributed by atoms with Gasteiger partial charge in [-0.3, -0.25) is 0 Å². The zero-order valence-corrected chi connectivity index (χ0v) is 7.39. The Morgan fingerprint density at radius 3 is 3.08 bits per heavy atom. The van der Waals surface area contributed by atoms with E-state index in [2.05, 4.69) is 10.3 Å². The van der Waals surface area contributed by atoms with Gasteiger partial charge in [-0.25, -0.2) is 4.39 Å². The summed E-state index contributed by atoms with van der Waals surface area (Å²) in [6.07, 6.45) is 1.84. The van der Waals surface area contributed by atoms with Crippen molar-refractivity contribution in [2.24, 2.45) is 0 Å². The van der Waals surface area contributed by atoms with E-state index in [1.165, 1.54) is 6.07 Å². The summed E-state index contributed by atoms with van der Waals surface area (Å²) < 4.78 is 13.4. The molecule has 1 aromatic heterocycles. The Hall–Kier alpha value is -1.35. The number of hydrogen-bond donors (Lipinski definition) is 2. The molecule has 68 valence electrons. The van der Waals surface area contributed by atoms with E-state index in [-0.39, 0.29) is 5.82 Å². The number of rotatable bonds is 2. The highest BCUT2D eigenvalue weighted by atomic mass is 19.1. The highest BCUT2D eigenvalue weighted by molar-refractivity contribution is 5.83. The lowest BCUT2D eigenvalue weighted by Crippen LogP contribution is -2.04. The van der Waals surface area contributed by atoms with Gasteiger partial charge in [0.2, 0.25) is 0 Å². The van der Waals surface area contributed by atoms with Crippen molar-refractivity contribution in [3.63, 3.8) is 0 Å². The lowest BCUT2D eigenvalue weighted by Gasteiger charge is -1.97. The van der Waals surface area contributed by atoms with Crippen LogP contribution in [0.3, 0.4) is 0 Å². The van der Waals surface area contributed by atoms with E-state index < -0.39 is 0 Å². The maximum absolute atomic E-state index is 13.4. The van der Waals surface area contributed by atoms with E-state index in [4.69, 9.17) is 0 Å². The molecule has 3 heteroatoms. The van der Waals surface area contributed by atoms with Crippen LogP contribution in [0, 0.1) is 5.82 Å². The van der Waals surface area contributed by atoms with Crippen LogP contribution in [0.5, 0.6) is 0 Å². The van der Waals surface area contributed by atoms with E-state index in [0.717, 1.165) is 11.1 Å². The van der Waals surface area contributed by atoms with Crippen LogP contribution in [0.1, 0.15) is 5.56 Å². The average molecular weight is 178 g/mol. The molecule has 0 bridgehead atoms. The van der Waals surface area contributed by atoms with E-state index >= 15 is 0 Å². The SMILES string of the molecule is CNCc1c[nH]c2cccc(F)c12. The van der Waals surface area contributed by atoms with Gasteiger partial charge >= 0.3 is 0 Å². The molecule has 0 spiro atoms. The van der Waals surface area contributed by atoms with Crippen LogP contribution >= 0.6 is 0 Å². The second kappa shape index (κ2) is 3.18. The van der Waals surface area contributed by atoms with Crippen LogP contribution in [0.15, 0.2) is 24.4 Å². The van der Waals surface area contributed by atoms with Gasteiger partial charge in [-0.2, -0.15) is 0 Å². The second-order valence-electron chi connectivity index (χ2n) is 3.01. The van der Waals surface area contributed by atoms with Gasteiger partial charge in [-0.1, -0.05) is 6.07 Å². The molecular weight excluding hydrogens is 167 g/mol. The standard InChI is InChI=1S/C10H11FN2/c1-12-5-7-6-13-9-4-2-3-8(11)10(7)9/h2-4,6,12-13H,5H2,1H3. The minimum Gasteiger partial charge on any atom is -0.361 e. The zero-order chi connectivity index (χ0) is 9.26. The number of fused-ring (bicyclic) bond motifs is 1. The molecule has 0 saturated carbocycles. The van der Waals surface area contributed by atoms with Gasteiger partial charge in [0.1, 0.15) is 5.82 Å². The van der Waals surface area contributed by atoms with Crippen molar-refractivity contribution in [3.05, 3.63) is 35.8 Å². The van der Waals surface area contributed by atoms with Gasteiger partial charge in [0.25, 0.3) is 0 Å². The molecule has 0 amide bonds. The Morgan fingerprint density at radius 1 is 1.46 bits per heavy atom. The third-order valence-corrected chi connectivity index (χ3v) is 2.10. The molecule has 0 aliphatic carbocycles. The zero-order valence-electron chi connectivity index (χ0n) is 7.39. The summed E-state index contributed by atoms with van der Waals surface area (Å²) >= 11 is 0. The van der Waals surface area contributed by atoms with Gasteiger partial charge in [0, 0.05) is 23.6 Å². The Kier molecular flexibility index (Phi) is 2.02. The minimum absolute atomic E-state index is 0.163. The summed E-state index contributed by atoms with van der Waals surface area (Å²) in [6.45, 7) is 0.681. The first-order valence-corrected chi connectivity index (χ1v) is 4.22. The molecular formula is C10H11FN2. The fourth-order valence-electron chi connectivity index (χ4n) is 1.54. The van der Waals surface area contributed by atoms with E-state index in [1.807, 2.05) is 19.3 Å². The summed E-state index contributed by atoms with van der Waals surface area (Å²) in [4.78, 5) is 3.03. The molecule has 1 aromatic carbocycles. The maximum atomic E-state index is 13.4. The van der Waals surface area contributed by atoms with Gasteiger partial charge < -0.3 is 10.3 Å². The molecule has 13 heavy (non-hydrogen) atoms. The van der Waals surface area contributed by atoms with Crippen LogP contribution in [0.25, 0.3) is 10.9 Å². The van der Waals surface area contributed by atoms with Crippen molar-refractivity contribution < 1.29 is 4.39 Å². The fourth-order valence-corrected chi connectivity index (χ4v) is 1.54. The predicted molar refractivity (Wildman–Crippen MR) is 51.0 cm³/mol. The Bertz CT molecular complexity index is 420. The number of aromatic amines is 1. The molecule has 0 unspecified atom stereocenters. The number of aromatic nitrogens is 1. The molecule has 0 aliphatic rings. The molecule has 2 aromatic rings. The third kappa shape index (κ3) is 1.31. The molecule has 0 atom stereocenters. The molecule has 0 radical (unpaired) electrons. The van der Waals surface area contributed by atoms with Crippen LogP contribution in [0.4, 0.5) is 4.39 Å². The fraction of sp³-hybridized carbons (Fsp3) is 0.200.